The summed E-state index contributed by atoms with van der Waals surface area (Å²) in [5.41, 5.74) is 3.70. The highest BCUT2D eigenvalue weighted by molar-refractivity contribution is 6.33. The number of amides is 2. The van der Waals surface area contributed by atoms with Gasteiger partial charge in [-0.3, -0.25) is 14.3 Å². The molecule has 200 valence electrons. The van der Waals surface area contributed by atoms with E-state index in [9.17, 15) is 9.59 Å². The third-order valence-corrected chi connectivity index (χ3v) is 7.17. The van der Waals surface area contributed by atoms with Crippen molar-refractivity contribution in [3.8, 4) is 11.3 Å². The Labute approximate surface area is 226 Å². The summed E-state index contributed by atoms with van der Waals surface area (Å²) in [6.45, 7) is 7.77. The molecule has 2 aliphatic rings. The molecule has 3 aromatic rings. The second-order valence-corrected chi connectivity index (χ2v) is 10.5. The van der Waals surface area contributed by atoms with E-state index in [-0.39, 0.29) is 29.9 Å². The number of hydrogen-bond acceptors (Lipinski definition) is 7. The lowest BCUT2D eigenvalue weighted by Crippen LogP contribution is -2.37. The van der Waals surface area contributed by atoms with Crippen LogP contribution in [0.2, 0.25) is 5.02 Å². The number of nitrogens with zero attached hydrogens (tertiary/aromatic N) is 5. The molecule has 2 aromatic heterocycles. The minimum Gasteiger partial charge on any atom is -0.381 e. The summed E-state index contributed by atoms with van der Waals surface area (Å²) in [7, 11) is 0. The van der Waals surface area contributed by atoms with Crippen LogP contribution in [0.25, 0.3) is 11.3 Å². The Morgan fingerprint density at radius 3 is 2.74 bits per heavy atom. The monoisotopic (exact) mass is 537 g/mol. The van der Waals surface area contributed by atoms with Gasteiger partial charge in [-0.05, 0) is 38.3 Å². The first kappa shape index (κ1) is 26.1. The zero-order valence-corrected chi connectivity index (χ0v) is 22.5. The molecular formula is C27H32ClN7O3. The minimum absolute atomic E-state index is 0.0980. The van der Waals surface area contributed by atoms with E-state index in [0.717, 1.165) is 29.5 Å². The molecule has 1 atom stereocenters. The van der Waals surface area contributed by atoms with Gasteiger partial charge >= 0.3 is 0 Å². The van der Waals surface area contributed by atoms with E-state index in [1.54, 1.807) is 17.3 Å². The quantitative estimate of drug-likeness (QED) is 0.446. The Morgan fingerprint density at radius 2 is 2.03 bits per heavy atom. The average molecular weight is 538 g/mol. The molecule has 1 aromatic carbocycles. The standard InChI is InChI=1S/C27H32ClN7O3/c1-16(2)35-14-20(11-30-35)24(31-17(3)36)15-34-13-19-5-4-18(10-22(19)26(34)37)25-23(28)12-29-27(33-25)32-21-6-8-38-9-7-21/h4-5,10-12,14,16,21,24H,6-9,13,15H2,1-3H3,(H,31,36)(H,29,32,33). The van der Waals surface area contributed by atoms with Crippen molar-refractivity contribution in [1.29, 1.82) is 0 Å². The van der Waals surface area contributed by atoms with Crippen molar-refractivity contribution in [2.24, 2.45) is 0 Å². The second-order valence-electron chi connectivity index (χ2n) is 10.1. The lowest BCUT2D eigenvalue weighted by molar-refractivity contribution is -0.119. The van der Waals surface area contributed by atoms with Gasteiger partial charge in [0.25, 0.3) is 5.91 Å². The molecule has 1 fully saturated rings. The molecule has 2 amide bonds. The maximum atomic E-state index is 13.5. The number of rotatable bonds is 8. The first-order valence-electron chi connectivity index (χ1n) is 12.9. The number of carbonyl (C=O) groups is 2. The third-order valence-electron chi connectivity index (χ3n) is 6.89. The van der Waals surface area contributed by atoms with Gasteiger partial charge in [0, 0.05) is 68.2 Å². The van der Waals surface area contributed by atoms with E-state index < -0.39 is 0 Å². The minimum atomic E-state index is -0.368. The highest BCUT2D eigenvalue weighted by Gasteiger charge is 2.31. The molecule has 0 radical (unpaired) electrons. The zero-order valence-electron chi connectivity index (χ0n) is 21.8. The Hall–Kier alpha value is -3.50. The van der Waals surface area contributed by atoms with E-state index in [4.69, 9.17) is 16.3 Å². The Morgan fingerprint density at radius 1 is 1.24 bits per heavy atom. The van der Waals surface area contributed by atoms with Crippen LogP contribution in [0.4, 0.5) is 5.95 Å². The van der Waals surface area contributed by atoms with Crippen LogP contribution in [0, 0.1) is 0 Å². The molecule has 38 heavy (non-hydrogen) atoms. The molecule has 10 nitrogen and oxygen atoms in total. The lowest BCUT2D eigenvalue weighted by Gasteiger charge is -2.23. The molecule has 11 heteroatoms. The van der Waals surface area contributed by atoms with Crippen LogP contribution in [-0.4, -0.2) is 62.3 Å². The van der Waals surface area contributed by atoms with Gasteiger partial charge in [0.1, 0.15) is 0 Å². The summed E-state index contributed by atoms with van der Waals surface area (Å²) in [6, 6.07) is 5.79. The number of nitrogens with one attached hydrogen (secondary N) is 2. The summed E-state index contributed by atoms with van der Waals surface area (Å²) in [5.74, 6) is 0.242. The van der Waals surface area contributed by atoms with Crippen molar-refractivity contribution >= 4 is 29.4 Å². The Bertz CT molecular complexity index is 1340. The van der Waals surface area contributed by atoms with Gasteiger partial charge in [-0.2, -0.15) is 5.10 Å². The molecule has 0 bridgehead atoms. The number of carbonyl (C=O) groups excluding carboxylic acids is 2. The maximum absolute atomic E-state index is 13.5. The fourth-order valence-electron chi connectivity index (χ4n) is 4.83. The molecule has 0 spiro atoms. The molecule has 0 saturated carbocycles. The van der Waals surface area contributed by atoms with Crippen LogP contribution in [0.1, 0.15) is 67.2 Å². The van der Waals surface area contributed by atoms with Crippen molar-refractivity contribution in [2.75, 3.05) is 25.1 Å². The maximum Gasteiger partial charge on any atom is 0.254 e. The SMILES string of the molecule is CC(=O)NC(CN1Cc2ccc(-c3nc(NC4CCOCC4)ncc3Cl)cc2C1=O)c1cnn(C(C)C)c1. The van der Waals surface area contributed by atoms with Crippen LogP contribution >= 0.6 is 11.6 Å². The number of fused-ring (bicyclic) bond motifs is 1. The number of halogens is 1. The van der Waals surface area contributed by atoms with Crippen molar-refractivity contribution in [3.05, 3.63) is 58.5 Å². The molecule has 2 aliphatic heterocycles. The van der Waals surface area contributed by atoms with Crippen LogP contribution in [0.5, 0.6) is 0 Å². The summed E-state index contributed by atoms with van der Waals surface area (Å²) in [5, 5.41) is 11.2. The number of anilines is 1. The zero-order chi connectivity index (χ0) is 26.8. The second kappa shape index (κ2) is 11.1. The van der Waals surface area contributed by atoms with Gasteiger partial charge in [0.15, 0.2) is 0 Å². The van der Waals surface area contributed by atoms with Crippen molar-refractivity contribution in [1.82, 2.24) is 30.0 Å². The van der Waals surface area contributed by atoms with Crippen LogP contribution in [0.3, 0.4) is 0 Å². The number of benzene rings is 1. The lowest BCUT2D eigenvalue weighted by atomic mass is 10.0. The van der Waals surface area contributed by atoms with Crippen molar-refractivity contribution in [3.63, 3.8) is 0 Å². The van der Waals surface area contributed by atoms with Gasteiger partial charge in [0.05, 0.1) is 29.2 Å². The van der Waals surface area contributed by atoms with Gasteiger partial charge < -0.3 is 20.3 Å². The van der Waals surface area contributed by atoms with Crippen LogP contribution in [-0.2, 0) is 16.1 Å². The number of aromatic nitrogens is 4. The highest BCUT2D eigenvalue weighted by Crippen LogP contribution is 2.32. The van der Waals surface area contributed by atoms with E-state index in [0.29, 0.717) is 48.5 Å². The van der Waals surface area contributed by atoms with Gasteiger partial charge in [-0.15, -0.1) is 0 Å². The Kier molecular flexibility index (Phi) is 7.62. The molecule has 1 saturated heterocycles. The topological polar surface area (TPSA) is 114 Å². The van der Waals surface area contributed by atoms with E-state index in [1.165, 1.54) is 6.92 Å². The predicted octanol–water partition coefficient (Wildman–Crippen LogP) is 4.00. The molecule has 1 unspecified atom stereocenters. The number of hydrogen-bond donors (Lipinski definition) is 2. The summed E-state index contributed by atoms with van der Waals surface area (Å²) >= 11 is 6.48. The van der Waals surface area contributed by atoms with E-state index in [1.807, 2.05) is 42.9 Å². The molecular weight excluding hydrogens is 506 g/mol. The predicted molar refractivity (Wildman–Crippen MR) is 144 cm³/mol. The summed E-state index contributed by atoms with van der Waals surface area (Å²) in [6.07, 6.45) is 7.03. The largest absolute Gasteiger partial charge is 0.381 e. The van der Waals surface area contributed by atoms with Gasteiger partial charge in [-0.1, -0.05) is 23.7 Å². The van der Waals surface area contributed by atoms with E-state index in [2.05, 4.69) is 25.7 Å². The third kappa shape index (κ3) is 5.66. The van der Waals surface area contributed by atoms with Gasteiger partial charge in [0.2, 0.25) is 11.9 Å². The average Bonchev–Trinajstić information content (AvgIpc) is 3.51. The van der Waals surface area contributed by atoms with Gasteiger partial charge in [-0.25, -0.2) is 9.97 Å². The molecule has 5 rings (SSSR count). The van der Waals surface area contributed by atoms with Crippen molar-refractivity contribution in [2.45, 2.75) is 58.3 Å². The smallest absolute Gasteiger partial charge is 0.254 e. The summed E-state index contributed by atoms with van der Waals surface area (Å²) in [4.78, 5) is 36.2. The normalized spacial score (nSPS) is 16.6. The highest BCUT2D eigenvalue weighted by atomic mass is 35.5. The fraction of sp³-hybridized carbons (Fsp3) is 0.444. The first-order valence-corrected chi connectivity index (χ1v) is 13.3. The summed E-state index contributed by atoms with van der Waals surface area (Å²) < 4.78 is 7.27. The van der Waals surface area contributed by atoms with Crippen LogP contribution in [0.15, 0.2) is 36.8 Å². The van der Waals surface area contributed by atoms with Crippen molar-refractivity contribution < 1.29 is 14.3 Å². The molecule has 2 N–H and O–H groups in total. The van der Waals surface area contributed by atoms with E-state index >= 15 is 0 Å². The fourth-order valence-corrected chi connectivity index (χ4v) is 5.03. The Balaban J connectivity index is 1.35. The first-order chi connectivity index (χ1) is 18.3. The van der Waals surface area contributed by atoms with Crippen LogP contribution < -0.4 is 10.6 Å². The number of ether oxygens (including phenoxy) is 1. The molecule has 4 heterocycles. The molecule has 0 aliphatic carbocycles.